The monoisotopic (exact) mass is 300 g/mol. The number of thiazole rings is 1. The van der Waals surface area contributed by atoms with Crippen LogP contribution in [0.15, 0.2) is 29.6 Å². The van der Waals surface area contributed by atoms with Crippen LogP contribution < -0.4 is 5.32 Å². The Morgan fingerprint density at radius 3 is 2.81 bits per heavy atom. The molecule has 3 aromatic rings. The molecular formula is C16H20N4S. The smallest absolute Gasteiger partial charge is 0.126 e. The second kappa shape index (κ2) is 5.95. The number of nitrogens with one attached hydrogen (secondary N) is 1. The predicted molar refractivity (Wildman–Crippen MR) is 87.7 cm³/mol. The van der Waals surface area contributed by atoms with Crippen molar-refractivity contribution in [3.05, 3.63) is 46.2 Å². The third-order valence-electron chi connectivity index (χ3n) is 3.71. The second-order valence-electron chi connectivity index (χ2n) is 5.30. The highest BCUT2D eigenvalue weighted by Crippen LogP contribution is 2.19. The van der Waals surface area contributed by atoms with E-state index in [2.05, 4.69) is 52.4 Å². The minimum Gasteiger partial charge on any atom is -0.330 e. The Morgan fingerprint density at radius 2 is 2.10 bits per heavy atom. The molecule has 3 rings (SSSR count). The Labute approximate surface area is 128 Å². The average molecular weight is 300 g/mol. The minimum absolute atomic E-state index is 0.224. The van der Waals surface area contributed by atoms with Gasteiger partial charge in [-0.05, 0) is 26.0 Å². The van der Waals surface area contributed by atoms with Gasteiger partial charge < -0.3 is 9.88 Å². The molecule has 4 nitrogen and oxygen atoms in total. The molecule has 110 valence electrons. The Kier molecular flexibility index (Phi) is 4.03. The van der Waals surface area contributed by atoms with E-state index in [1.165, 1.54) is 11.2 Å². The summed E-state index contributed by atoms with van der Waals surface area (Å²) in [6, 6.07) is 8.47. The topological polar surface area (TPSA) is 42.7 Å². The van der Waals surface area contributed by atoms with Crippen LogP contribution >= 0.6 is 11.3 Å². The van der Waals surface area contributed by atoms with Gasteiger partial charge in [0.2, 0.25) is 0 Å². The summed E-state index contributed by atoms with van der Waals surface area (Å²) in [5, 5.41) is 6.81. The Bertz CT molecular complexity index is 744. The third-order valence-corrected chi connectivity index (χ3v) is 4.53. The first-order valence-electron chi connectivity index (χ1n) is 7.21. The van der Waals surface area contributed by atoms with E-state index in [9.17, 15) is 0 Å². The lowest BCUT2D eigenvalue weighted by Crippen LogP contribution is -2.23. The molecule has 0 aliphatic carbocycles. The van der Waals surface area contributed by atoms with E-state index in [-0.39, 0.29) is 6.04 Å². The van der Waals surface area contributed by atoms with Gasteiger partial charge in [-0.2, -0.15) is 0 Å². The zero-order chi connectivity index (χ0) is 14.8. The highest BCUT2D eigenvalue weighted by molar-refractivity contribution is 7.09. The fourth-order valence-electron chi connectivity index (χ4n) is 2.58. The molecule has 0 spiro atoms. The SMILES string of the molecule is Cc1nc(CCNC(C)c2nc3ccccc3n2C)cs1. The summed E-state index contributed by atoms with van der Waals surface area (Å²) in [7, 11) is 2.08. The molecule has 1 atom stereocenters. The molecule has 0 aliphatic rings. The number of aryl methyl sites for hydroxylation is 2. The van der Waals surface area contributed by atoms with E-state index in [0.29, 0.717) is 0 Å². The average Bonchev–Trinajstić information content (AvgIpc) is 3.03. The largest absolute Gasteiger partial charge is 0.330 e. The lowest BCUT2D eigenvalue weighted by Gasteiger charge is -2.13. The summed E-state index contributed by atoms with van der Waals surface area (Å²) in [6.07, 6.45) is 0.957. The summed E-state index contributed by atoms with van der Waals surface area (Å²) in [6.45, 7) is 5.12. The molecule has 2 heterocycles. The van der Waals surface area contributed by atoms with Crippen molar-refractivity contribution < 1.29 is 0 Å². The molecule has 0 fully saturated rings. The number of benzene rings is 1. The number of nitrogens with zero attached hydrogens (tertiary/aromatic N) is 3. The molecule has 5 heteroatoms. The maximum absolute atomic E-state index is 4.73. The van der Waals surface area contributed by atoms with E-state index in [0.717, 1.165) is 29.3 Å². The number of imidazole rings is 1. The van der Waals surface area contributed by atoms with Gasteiger partial charge in [0.25, 0.3) is 0 Å². The van der Waals surface area contributed by atoms with Crippen molar-refractivity contribution in [1.29, 1.82) is 0 Å². The van der Waals surface area contributed by atoms with Crippen LogP contribution in [0.25, 0.3) is 11.0 Å². The van der Waals surface area contributed by atoms with Crippen molar-refractivity contribution in [2.45, 2.75) is 26.3 Å². The number of hydrogen-bond donors (Lipinski definition) is 1. The van der Waals surface area contributed by atoms with E-state index in [1.807, 2.05) is 13.0 Å². The molecule has 1 unspecified atom stereocenters. The molecule has 1 N–H and O–H groups in total. The normalized spacial score (nSPS) is 12.9. The molecule has 1 aromatic carbocycles. The second-order valence-corrected chi connectivity index (χ2v) is 6.36. The first kappa shape index (κ1) is 14.2. The van der Waals surface area contributed by atoms with E-state index in [1.54, 1.807) is 11.3 Å². The van der Waals surface area contributed by atoms with Gasteiger partial charge in [-0.1, -0.05) is 12.1 Å². The van der Waals surface area contributed by atoms with Crippen LogP contribution in [-0.2, 0) is 13.5 Å². The molecule has 0 bridgehead atoms. The van der Waals surface area contributed by atoms with Gasteiger partial charge >= 0.3 is 0 Å². The third kappa shape index (κ3) is 2.99. The van der Waals surface area contributed by atoms with Crippen LogP contribution in [0.5, 0.6) is 0 Å². The van der Waals surface area contributed by atoms with Gasteiger partial charge in [-0.15, -0.1) is 11.3 Å². The Hall–Kier alpha value is -1.72. The van der Waals surface area contributed by atoms with Crippen LogP contribution in [0.4, 0.5) is 0 Å². The zero-order valence-electron chi connectivity index (χ0n) is 12.6. The first-order valence-corrected chi connectivity index (χ1v) is 8.09. The first-order chi connectivity index (χ1) is 10.1. The zero-order valence-corrected chi connectivity index (χ0v) is 13.4. The highest BCUT2D eigenvalue weighted by Gasteiger charge is 2.13. The van der Waals surface area contributed by atoms with Gasteiger partial charge in [0.15, 0.2) is 0 Å². The summed E-state index contributed by atoms with van der Waals surface area (Å²) in [5.74, 6) is 1.07. The molecule has 21 heavy (non-hydrogen) atoms. The number of para-hydroxylation sites is 2. The maximum Gasteiger partial charge on any atom is 0.126 e. The van der Waals surface area contributed by atoms with Crippen LogP contribution in [0.3, 0.4) is 0 Å². The summed E-state index contributed by atoms with van der Waals surface area (Å²) >= 11 is 1.71. The standard InChI is InChI=1S/C16H20N4S/c1-11(17-9-8-13-10-21-12(2)18-13)16-19-14-6-4-5-7-15(14)20(16)3/h4-7,10-11,17H,8-9H2,1-3H3. The summed E-state index contributed by atoms with van der Waals surface area (Å²) in [4.78, 5) is 9.22. The Morgan fingerprint density at radius 1 is 1.29 bits per heavy atom. The molecule has 0 saturated heterocycles. The molecule has 0 saturated carbocycles. The Balaban J connectivity index is 1.66. The fourth-order valence-corrected chi connectivity index (χ4v) is 3.23. The van der Waals surface area contributed by atoms with E-state index in [4.69, 9.17) is 4.98 Å². The molecular weight excluding hydrogens is 280 g/mol. The highest BCUT2D eigenvalue weighted by atomic mass is 32.1. The van der Waals surface area contributed by atoms with Crippen molar-refractivity contribution in [3.63, 3.8) is 0 Å². The molecule has 0 radical (unpaired) electrons. The van der Waals surface area contributed by atoms with Crippen molar-refractivity contribution in [3.8, 4) is 0 Å². The van der Waals surface area contributed by atoms with Gasteiger partial charge in [0.05, 0.1) is 27.8 Å². The fraction of sp³-hybridized carbons (Fsp3) is 0.375. The van der Waals surface area contributed by atoms with E-state index < -0.39 is 0 Å². The van der Waals surface area contributed by atoms with Gasteiger partial charge in [0, 0.05) is 25.4 Å². The number of aromatic nitrogens is 3. The quantitative estimate of drug-likeness (QED) is 0.786. The van der Waals surface area contributed by atoms with Crippen LogP contribution in [-0.4, -0.2) is 21.1 Å². The lowest BCUT2D eigenvalue weighted by molar-refractivity contribution is 0.534. The predicted octanol–water partition coefficient (Wildman–Crippen LogP) is 3.23. The lowest BCUT2D eigenvalue weighted by atomic mass is 10.2. The van der Waals surface area contributed by atoms with Gasteiger partial charge in [0.1, 0.15) is 5.82 Å². The van der Waals surface area contributed by atoms with E-state index >= 15 is 0 Å². The maximum atomic E-state index is 4.73. The van der Waals surface area contributed by atoms with Gasteiger partial charge in [-0.25, -0.2) is 9.97 Å². The van der Waals surface area contributed by atoms with Gasteiger partial charge in [-0.3, -0.25) is 0 Å². The number of rotatable bonds is 5. The van der Waals surface area contributed by atoms with Crippen molar-refractivity contribution >= 4 is 22.4 Å². The minimum atomic E-state index is 0.224. The van der Waals surface area contributed by atoms with Crippen molar-refractivity contribution in [2.24, 2.45) is 7.05 Å². The summed E-state index contributed by atoms with van der Waals surface area (Å²) in [5.41, 5.74) is 3.40. The van der Waals surface area contributed by atoms with Crippen LogP contribution in [0, 0.1) is 6.92 Å². The van der Waals surface area contributed by atoms with Crippen LogP contribution in [0.2, 0.25) is 0 Å². The van der Waals surface area contributed by atoms with Crippen LogP contribution in [0.1, 0.15) is 29.5 Å². The molecule has 0 amide bonds. The van der Waals surface area contributed by atoms with Crippen molar-refractivity contribution in [2.75, 3.05) is 6.54 Å². The number of fused-ring (bicyclic) bond motifs is 1. The summed E-state index contributed by atoms with van der Waals surface area (Å²) < 4.78 is 2.17. The number of hydrogen-bond acceptors (Lipinski definition) is 4. The van der Waals surface area contributed by atoms with Crippen molar-refractivity contribution in [1.82, 2.24) is 19.9 Å². The molecule has 0 aliphatic heterocycles. The molecule has 2 aromatic heterocycles.